The minimum Gasteiger partial charge on any atom is -0.383 e. The third kappa shape index (κ3) is 5.60. The number of aromatic nitrogens is 2. The van der Waals surface area contributed by atoms with Crippen molar-refractivity contribution in [3.05, 3.63) is 59.1 Å². The summed E-state index contributed by atoms with van der Waals surface area (Å²) in [6.07, 6.45) is 0. The maximum Gasteiger partial charge on any atom is 0.233 e. The van der Waals surface area contributed by atoms with Gasteiger partial charge in [0.1, 0.15) is 0 Å². The maximum absolute atomic E-state index is 12.8. The quantitative estimate of drug-likeness (QED) is 0.481. The van der Waals surface area contributed by atoms with Crippen LogP contribution < -0.4 is 0 Å². The first-order valence-corrected chi connectivity index (χ1v) is 11.8. The van der Waals surface area contributed by atoms with Gasteiger partial charge in [-0.25, -0.2) is 4.98 Å². The van der Waals surface area contributed by atoms with E-state index >= 15 is 0 Å². The molecule has 0 N–H and O–H groups in total. The Hall–Kier alpha value is -2.06. The molecule has 1 aliphatic rings. The van der Waals surface area contributed by atoms with E-state index in [1.807, 2.05) is 41.3 Å². The molecule has 1 fully saturated rings. The van der Waals surface area contributed by atoms with Gasteiger partial charge in [-0.15, -0.1) is 0 Å². The molecular formula is C23H27ClN4O2S. The molecule has 8 heteroatoms. The van der Waals surface area contributed by atoms with Crippen molar-refractivity contribution < 1.29 is 9.53 Å². The third-order valence-corrected chi connectivity index (χ3v) is 6.68. The Labute approximate surface area is 192 Å². The summed E-state index contributed by atoms with van der Waals surface area (Å²) in [7, 11) is 1.70. The molecule has 3 aromatic rings. The summed E-state index contributed by atoms with van der Waals surface area (Å²) >= 11 is 7.60. The van der Waals surface area contributed by atoms with E-state index in [4.69, 9.17) is 21.3 Å². The number of nitrogens with zero attached hydrogens (tertiary/aromatic N) is 4. The van der Waals surface area contributed by atoms with Gasteiger partial charge in [-0.2, -0.15) is 0 Å². The number of carbonyl (C=O) groups is 1. The number of methoxy groups -OCH3 is 1. The summed E-state index contributed by atoms with van der Waals surface area (Å²) in [6.45, 7) is 5.43. The fourth-order valence-electron chi connectivity index (χ4n) is 3.83. The van der Waals surface area contributed by atoms with E-state index in [2.05, 4.69) is 21.6 Å². The molecule has 1 saturated heterocycles. The van der Waals surface area contributed by atoms with Crippen LogP contribution in [0.1, 0.15) is 5.56 Å². The minimum atomic E-state index is 0.165. The Morgan fingerprint density at radius 2 is 1.94 bits per heavy atom. The molecule has 0 unspecified atom stereocenters. The van der Waals surface area contributed by atoms with E-state index in [-0.39, 0.29) is 5.91 Å². The van der Waals surface area contributed by atoms with E-state index in [1.54, 1.807) is 7.11 Å². The molecule has 4 rings (SSSR count). The van der Waals surface area contributed by atoms with Gasteiger partial charge in [-0.3, -0.25) is 9.69 Å². The number of hydrogen-bond acceptors (Lipinski definition) is 5. The van der Waals surface area contributed by atoms with Crippen molar-refractivity contribution in [2.45, 2.75) is 18.2 Å². The summed E-state index contributed by atoms with van der Waals surface area (Å²) in [5.41, 5.74) is 3.23. The number of rotatable bonds is 8. The number of ether oxygens (including phenoxy) is 1. The molecule has 6 nitrogen and oxygen atoms in total. The third-order valence-electron chi connectivity index (χ3n) is 5.48. The molecule has 0 bridgehead atoms. The van der Waals surface area contributed by atoms with Crippen molar-refractivity contribution in [1.82, 2.24) is 19.4 Å². The van der Waals surface area contributed by atoms with Crippen LogP contribution in [0.3, 0.4) is 0 Å². The molecule has 2 heterocycles. The van der Waals surface area contributed by atoms with Crippen LogP contribution in [-0.4, -0.2) is 70.9 Å². The number of imidazole rings is 1. The first-order chi connectivity index (χ1) is 15.1. The van der Waals surface area contributed by atoms with Crippen LogP contribution in [0.4, 0.5) is 0 Å². The summed E-state index contributed by atoms with van der Waals surface area (Å²) < 4.78 is 7.39. The highest BCUT2D eigenvalue weighted by molar-refractivity contribution is 7.99. The number of amides is 1. The fraction of sp³-hybridized carbons (Fsp3) is 0.391. The highest BCUT2D eigenvalue weighted by Crippen LogP contribution is 2.24. The second-order valence-corrected chi connectivity index (χ2v) is 8.98. The molecule has 1 aliphatic heterocycles. The fourth-order valence-corrected chi connectivity index (χ4v) is 4.99. The van der Waals surface area contributed by atoms with Gasteiger partial charge in [-0.1, -0.05) is 47.6 Å². The van der Waals surface area contributed by atoms with Crippen LogP contribution in [0.25, 0.3) is 11.0 Å². The van der Waals surface area contributed by atoms with Crippen LogP contribution in [0.5, 0.6) is 0 Å². The van der Waals surface area contributed by atoms with Gasteiger partial charge in [0, 0.05) is 51.4 Å². The number of piperazine rings is 1. The highest BCUT2D eigenvalue weighted by atomic mass is 35.5. The minimum absolute atomic E-state index is 0.165. The van der Waals surface area contributed by atoms with Crippen LogP contribution in [0, 0.1) is 0 Å². The summed E-state index contributed by atoms with van der Waals surface area (Å²) in [4.78, 5) is 21.9. The average Bonchev–Trinajstić information content (AvgIpc) is 3.14. The lowest BCUT2D eigenvalue weighted by Crippen LogP contribution is -2.48. The molecule has 0 atom stereocenters. The standard InChI is InChI=1S/C23H27ClN4O2S/c1-30-14-13-28-21-8-3-2-7-20(21)25-23(28)31-17-22(29)27-11-9-26(10-12-27)16-18-5-4-6-19(24)15-18/h2-8,15H,9-14,16-17H2,1H3. The predicted molar refractivity (Wildman–Crippen MR) is 126 cm³/mol. The zero-order valence-electron chi connectivity index (χ0n) is 17.7. The second-order valence-electron chi connectivity index (χ2n) is 7.60. The molecular weight excluding hydrogens is 432 g/mol. The maximum atomic E-state index is 12.8. The summed E-state index contributed by atoms with van der Waals surface area (Å²) in [5, 5.41) is 1.63. The first-order valence-electron chi connectivity index (χ1n) is 10.5. The van der Waals surface area contributed by atoms with Gasteiger partial charge < -0.3 is 14.2 Å². The average molecular weight is 459 g/mol. The Balaban J connectivity index is 1.31. The zero-order chi connectivity index (χ0) is 21.6. The zero-order valence-corrected chi connectivity index (χ0v) is 19.2. The van der Waals surface area contributed by atoms with Gasteiger partial charge in [-0.05, 0) is 29.8 Å². The predicted octanol–water partition coefficient (Wildman–Crippen LogP) is 3.77. The molecule has 1 aromatic heterocycles. The smallest absolute Gasteiger partial charge is 0.233 e. The van der Waals surface area contributed by atoms with Crippen molar-refractivity contribution in [3.63, 3.8) is 0 Å². The number of thioether (sulfide) groups is 1. The van der Waals surface area contributed by atoms with Gasteiger partial charge >= 0.3 is 0 Å². The lowest BCUT2D eigenvalue weighted by atomic mass is 10.2. The number of carbonyl (C=O) groups excluding carboxylic acids is 1. The number of fused-ring (bicyclic) bond motifs is 1. The normalized spacial score (nSPS) is 15.0. The van der Waals surface area contributed by atoms with Gasteiger partial charge in [0.05, 0.1) is 23.4 Å². The van der Waals surface area contributed by atoms with Gasteiger partial charge in [0.15, 0.2) is 5.16 Å². The monoisotopic (exact) mass is 458 g/mol. The number of hydrogen-bond donors (Lipinski definition) is 0. The molecule has 164 valence electrons. The molecule has 0 aliphatic carbocycles. The summed E-state index contributed by atoms with van der Waals surface area (Å²) in [5.74, 6) is 0.558. The second kappa shape index (κ2) is 10.5. The topological polar surface area (TPSA) is 50.6 Å². The van der Waals surface area contributed by atoms with Crippen LogP contribution in [0.15, 0.2) is 53.7 Å². The van der Waals surface area contributed by atoms with Crippen molar-refractivity contribution >= 4 is 40.3 Å². The summed E-state index contributed by atoms with van der Waals surface area (Å²) in [6, 6.07) is 16.0. The number of halogens is 1. The van der Waals surface area contributed by atoms with Crippen molar-refractivity contribution in [2.24, 2.45) is 0 Å². The van der Waals surface area contributed by atoms with Crippen molar-refractivity contribution in [2.75, 3.05) is 45.6 Å². The lowest BCUT2D eigenvalue weighted by Gasteiger charge is -2.34. The first kappa shape index (κ1) is 22.1. The molecule has 1 amide bonds. The molecule has 2 aromatic carbocycles. The van der Waals surface area contributed by atoms with E-state index in [9.17, 15) is 4.79 Å². The Bertz CT molecular complexity index is 1030. The van der Waals surface area contributed by atoms with Gasteiger partial charge in [0.2, 0.25) is 5.91 Å². The van der Waals surface area contributed by atoms with Crippen LogP contribution in [0.2, 0.25) is 5.02 Å². The van der Waals surface area contributed by atoms with E-state index in [0.29, 0.717) is 12.4 Å². The molecule has 31 heavy (non-hydrogen) atoms. The number of para-hydroxylation sites is 2. The van der Waals surface area contributed by atoms with Crippen LogP contribution in [-0.2, 0) is 22.6 Å². The Kier molecular flexibility index (Phi) is 7.50. The van der Waals surface area contributed by atoms with E-state index < -0.39 is 0 Å². The number of benzene rings is 2. The molecule has 0 radical (unpaired) electrons. The van der Waals surface area contributed by atoms with Gasteiger partial charge in [0.25, 0.3) is 0 Å². The molecule has 0 spiro atoms. The van der Waals surface area contributed by atoms with E-state index in [0.717, 1.165) is 60.5 Å². The Morgan fingerprint density at radius 3 is 2.71 bits per heavy atom. The van der Waals surface area contributed by atoms with Crippen molar-refractivity contribution in [1.29, 1.82) is 0 Å². The lowest BCUT2D eigenvalue weighted by molar-refractivity contribution is -0.130. The van der Waals surface area contributed by atoms with Crippen molar-refractivity contribution in [3.8, 4) is 0 Å². The van der Waals surface area contributed by atoms with Crippen LogP contribution >= 0.6 is 23.4 Å². The SMILES string of the molecule is COCCn1c(SCC(=O)N2CCN(Cc3cccc(Cl)c3)CC2)nc2ccccc21. The molecule has 0 saturated carbocycles. The Morgan fingerprint density at radius 1 is 1.13 bits per heavy atom. The van der Waals surface area contributed by atoms with E-state index in [1.165, 1.54) is 17.3 Å². The largest absolute Gasteiger partial charge is 0.383 e. The highest BCUT2D eigenvalue weighted by Gasteiger charge is 2.22.